The normalized spacial score (nSPS) is 16.2. The zero-order valence-corrected chi connectivity index (χ0v) is 22.3. The molecule has 36 heavy (non-hydrogen) atoms. The lowest BCUT2D eigenvalue weighted by molar-refractivity contribution is 0.108. The van der Waals surface area contributed by atoms with Crippen molar-refractivity contribution in [2.24, 2.45) is 11.8 Å². The van der Waals surface area contributed by atoms with Gasteiger partial charge in [-0.2, -0.15) is 0 Å². The summed E-state index contributed by atoms with van der Waals surface area (Å²) in [6, 6.07) is 7.79. The van der Waals surface area contributed by atoms with E-state index < -0.39 is 6.10 Å². The quantitative estimate of drug-likeness (QED) is 0.389. The minimum Gasteiger partial charge on any atom is -0.491 e. The molecule has 0 radical (unpaired) electrons. The van der Waals surface area contributed by atoms with Crippen molar-refractivity contribution in [1.82, 2.24) is 20.4 Å². The number of hydrogen-bond acceptors (Lipinski definition) is 7. The fraction of sp³-hybridized carbons (Fsp3) is 0.552. The summed E-state index contributed by atoms with van der Waals surface area (Å²) in [5.74, 6) is 3.43. The monoisotopic (exact) mass is 492 g/mol. The Balaban J connectivity index is 1.70. The minimum atomic E-state index is -0.576. The Morgan fingerprint density at radius 1 is 1.14 bits per heavy atom. The zero-order chi connectivity index (χ0) is 25.7. The van der Waals surface area contributed by atoms with Crippen LogP contribution in [0.15, 0.2) is 28.8 Å². The highest BCUT2D eigenvalue weighted by molar-refractivity contribution is 5.71. The van der Waals surface area contributed by atoms with Gasteiger partial charge >= 0.3 is 0 Å². The van der Waals surface area contributed by atoms with Crippen LogP contribution in [-0.2, 0) is 6.42 Å². The number of nitrogens with zero attached hydrogens (tertiary/aromatic N) is 3. The van der Waals surface area contributed by atoms with E-state index in [1.165, 1.54) is 32.1 Å². The fourth-order valence-electron chi connectivity index (χ4n) is 5.34. The maximum absolute atomic E-state index is 10.0. The van der Waals surface area contributed by atoms with Crippen molar-refractivity contribution in [3.63, 3.8) is 0 Å². The molecule has 2 N–H and O–H groups in total. The minimum absolute atomic E-state index is 0.216. The number of nitrogens with one attached hydrogen (secondary N) is 1. The highest BCUT2D eigenvalue weighted by Gasteiger charge is 2.25. The van der Waals surface area contributed by atoms with Gasteiger partial charge in [-0.3, -0.25) is 0 Å². The van der Waals surface area contributed by atoms with Crippen molar-refractivity contribution in [2.45, 2.75) is 72.3 Å². The summed E-state index contributed by atoms with van der Waals surface area (Å²) in [6.45, 7) is 9.08. The van der Waals surface area contributed by atoms with Gasteiger partial charge in [0.05, 0.1) is 17.0 Å². The fourth-order valence-corrected chi connectivity index (χ4v) is 5.34. The summed E-state index contributed by atoms with van der Waals surface area (Å²) >= 11 is 0. The molecule has 0 amide bonds. The number of aryl methyl sites for hydroxylation is 2. The van der Waals surface area contributed by atoms with E-state index in [-0.39, 0.29) is 6.61 Å². The summed E-state index contributed by atoms with van der Waals surface area (Å²) in [5, 5.41) is 17.2. The molecule has 0 saturated heterocycles. The van der Waals surface area contributed by atoms with Gasteiger partial charge in [0, 0.05) is 17.8 Å². The van der Waals surface area contributed by atoms with Gasteiger partial charge < -0.3 is 19.7 Å². The van der Waals surface area contributed by atoms with E-state index in [1.54, 1.807) is 0 Å². The molecule has 0 bridgehead atoms. The summed E-state index contributed by atoms with van der Waals surface area (Å²) in [6.07, 6.45) is 7.01. The third kappa shape index (κ3) is 6.13. The molecular weight excluding hydrogens is 452 g/mol. The number of aliphatic hydroxyl groups excluding tert-OH is 1. The first-order valence-corrected chi connectivity index (χ1v) is 13.2. The smallest absolute Gasteiger partial charge is 0.160 e. The molecule has 1 fully saturated rings. The number of likely N-dealkylation sites (N-methyl/N-ethyl adjacent to an activating group) is 1. The van der Waals surface area contributed by atoms with Gasteiger partial charge in [0.25, 0.3) is 0 Å². The number of aromatic nitrogens is 3. The molecule has 4 rings (SSSR count). The first kappa shape index (κ1) is 26.3. The average molecular weight is 493 g/mol. The summed E-state index contributed by atoms with van der Waals surface area (Å²) < 4.78 is 11.4. The predicted octanol–water partition coefficient (Wildman–Crippen LogP) is 5.44. The number of ether oxygens (including phenoxy) is 1. The number of aliphatic hydroxyl groups is 1. The van der Waals surface area contributed by atoms with Gasteiger partial charge in [0.2, 0.25) is 0 Å². The lowest BCUT2D eigenvalue weighted by Gasteiger charge is -2.28. The molecule has 2 unspecified atom stereocenters. The van der Waals surface area contributed by atoms with Crippen LogP contribution in [0.4, 0.5) is 0 Å². The Labute approximate surface area is 214 Å². The zero-order valence-electron chi connectivity index (χ0n) is 22.3. The average Bonchev–Trinajstić information content (AvgIpc) is 3.22. The number of rotatable bonds is 10. The molecule has 0 aliphatic heterocycles. The molecule has 194 valence electrons. The van der Waals surface area contributed by atoms with Gasteiger partial charge in [-0.25, -0.2) is 9.97 Å². The third-order valence-electron chi connectivity index (χ3n) is 7.46. The maximum Gasteiger partial charge on any atom is 0.160 e. The van der Waals surface area contributed by atoms with Crippen LogP contribution in [0.3, 0.4) is 0 Å². The summed E-state index contributed by atoms with van der Waals surface area (Å²) in [7, 11) is 1.81. The molecule has 1 saturated carbocycles. The van der Waals surface area contributed by atoms with Crippen LogP contribution >= 0.6 is 0 Å². The molecule has 1 aromatic carbocycles. The molecule has 2 aromatic heterocycles. The van der Waals surface area contributed by atoms with Crippen molar-refractivity contribution in [2.75, 3.05) is 20.2 Å². The maximum atomic E-state index is 10.0. The second-order valence-corrected chi connectivity index (χ2v) is 10.3. The van der Waals surface area contributed by atoms with Gasteiger partial charge in [-0.15, -0.1) is 0 Å². The third-order valence-corrected chi connectivity index (χ3v) is 7.46. The first-order chi connectivity index (χ1) is 17.4. The number of benzene rings is 1. The summed E-state index contributed by atoms with van der Waals surface area (Å²) in [5.41, 5.74) is 5.74. The molecule has 7 heteroatoms. The van der Waals surface area contributed by atoms with Crippen LogP contribution in [0.1, 0.15) is 61.7 Å². The Bertz CT molecular complexity index is 1130. The SMILES string of the molecule is CNCC(O)COc1cccc(-c2nc(CC(C)C3CCCCC3)c(C)c(-c3c(C)noc3C)n2)c1. The van der Waals surface area contributed by atoms with Crippen LogP contribution in [-0.4, -0.2) is 46.5 Å². The standard InChI is InChI=1S/C29H40N4O3/c1-18(22-10-7-6-8-11-22)14-26-19(2)28(27-20(3)33-36-21(27)4)32-29(31-26)23-12-9-13-25(15-23)35-17-24(34)16-30-5/h9,12-13,15,18,22,24,30,34H,6-8,10-11,14,16-17H2,1-5H3. The predicted molar refractivity (Wildman–Crippen MR) is 142 cm³/mol. The van der Waals surface area contributed by atoms with Crippen molar-refractivity contribution in [1.29, 1.82) is 0 Å². The topological polar surface area (TPSA) is 93.3 Å². The van der Waals surface area contributed by atoms with Crippen molar-refractivity contribution in [3.8, 4) is 28.4 Å². The Hall–Kier alpha value is -2.77. The van der Waals surface area contributed by atoms with E-state index in [0.717, 1.165) is 51.9 Å². The highest BCUT2D eigenvalue weighted by atomic mass is 16.5. The van der Waals surface area contributed by atoms with E-state index in [1.807, 2.05) is 45.2 Å². The Morgan fingerprint density at radius 3 is 2.61 bits per heavy atom. The second kappa shape index (κ2) is 12.0. The van der Waals surface area contributed by atoms with Gasteiger partial charge in [0.1, 0.15) is 24.2 Å². The molecule has 2 heterocycles. The largest absolute Gasteiger partial charge is 0.491 e. The van der Waals surface area contributed by atoms with Gasteiger partial charge in [-0.05, 0) is 63.8 Å². The van der Waals surface area contributed by atoms with Crippen molar-refractivity contribution in [3.05, 3.63) is 47.0 Å². The van der Waals surface area contributed by atoms with Crippen LogP contribution < -0.4 is 10.1 Å². The van der Waals surface area contributed by atoms with E-state index in [2.05, 4.69) is 24.3 Å². The van der Waals surface area contributed by atoms with Crippen LogP contribution in [0.2, 0.25) is 0 Å². The lowest BCUT2D eigenvalue weighted by Crippen LogP contribution is -2.29. The van der Waals surface area contributed by atoms with E-state index in [9.17, 15) is 5.11 Å². The first-order valence-electron chi connectivity index (χ1n) is 13.2. The molecule has 1 aliphatic carbocycles. The molecule has 3 aromatic rings. The van der Waals surface area contributed by atoms with Crippen molar-refractivity contribution < 1.29 is 14.4 Å². The summed E-state index contributed by atoms with van der Waals surface area (Å²) in [4.78, 5) is 10.1. The highest BCUT2D eigenvalue weighted by Crippen LogP contribution is 2.35. The Kier molecular flexibility index (Phi) is 8.75. The lowest BCUT2D eigenvalue weighted by atomic mass is 9.78. The van der Waals surface area contributed by atoms with Gasteiger partial charge in [-0.1, -0.05) is 56.3 Å². The van der Waals surface area contributed by atoms with Crippen LogP contribution in [0.5, 0.6) is 5.75 Å². The van der Waals surface area contributed by atoms with Crippen LogP contribution in [0.25, 0.3) is 22.6 Å². The van der Waals surface area contributed by atoms with E-state index in [4.69, 9.17) is 19.2 Å². The Morgan fingerprint density at radius 2 is 1.92 bits per heavy atom. The molecule has 7 nitrogen and oxygen atoms in total. The molecule has 1 aliphatic rings. The van der Waals surface area contributed by atoms with E-state index in [0.29, 0.717) is 24.0 Å². The molecule has 2 atom stereocenters. The molecule has 0 spiro atoms. The number of hydrogen-bond donors (Lipinski definition) is 2. The molecular formula is C29H40N4O3. The second-order valence-electron chi connectivity index (χ2n) is 10.3. The van der Waals surface area contributed by atoms with Crippen LogP contribution in [0, 0.1) is 32.6 Å². The van der Waals surface area contributed by atoms with Crippen molar-refractivity contribution >= 4 is 0 Å². The van der Waals surface area contributed by atoms with E-state index >= 15 is 0 Å². The van der Waals surface area contributed by atoms with Gasteiger partial charge in [0.15, 0.2) is 5.82 Å².